The zero-order valence-electron chi connectivity index (χ0n) is 10.5. The van der Waals surface area contributed by atoms with Gasteiger partial charge in [0.25, 0.3) is 0 Å². The van der Waals surface area contributed by atoms with Crippen LogP contribution in [0, 0.1) is 13.8 Å². The van der Waals surface area contributed by atoms with Crippen molar-refractivity contribution in [2.45, 2.75) is 39.8 Å². The van der Waals surface area contributed by atoms with Crippen molar-refractivity contribution in [2.75, 3.05) is 0 Å². The molecule has 2 heterocycles. The van der Waals surface area contributed by atoms with Crippen molar-refractivity contribution in [2.24, 2.45) is 0 Å². The molecule has 92 valence electrons. The molecular formula is C12H17N3S2. The summed E-state index contributed by atoms with van der Waals surface area (Å²) in [6.45, 7) is 8.47. The van der Waals surface area contributed by atoms with Crippen molar-refractivity contribution in [3.05, 3.63) is 32.2 Å². The third-order valence-corrected chi connectivity index (χ3v) is 4.47. The zero-order chi connectivity index (χ0) is 12.4. The fraction of sp³-hybridized carbons (Fsp3) is 0.500. The monoisotopic (exact) mass is 267 g/mol. The molecule has 0 amide bonds. The predicted molar refractivity (Wildman–Crippen MR) is 73.8 cm³/mol. The van der Waals surface area contributed by atoms with Crippen LogP contribution in [0.5, 0.6) is 0 Å². The van der Waals surface area contributed by atoms with E-state index >= 15 is 0 Å². The predicted octanol–water partition coefficient (Wildman–Crippen LogP) is 3.30. The molecule has 5 heteroatoms. The van der Waals surface area contributed by atoms with E-state index in [-0.39, 0.29) is 6.04 Å². The van der Waals surface area contributed by atoms with Gasteiger partial charge in [0.15, 0.2) is 0 Å². The molecule has 0 aliphatic heterocycles. The lowest BCUT2D eigenvalue weighted by atomic mass is 10.2. The normalized spacial score (nSPS) is 13.2. The Labute approximate surface area is 110 Å². The first kappa shape index (κ1) is 12.7. The minimum absolute atomic E-state index is 0.132. The van der Waals surface area contributed by atoms with Crippen LogP contribution in [0.15, 0.2) is 11.6 Å². The summed E-state index contributed by atoms with van der Waals surface area (Å²) in [4.78, 5) is 10.3. The highest BCUT2D eigenvalue weighted by atomic mass is 32.1. The van der Waals surface area contributed by atoms with E-state index in [9.17, 15) is 0 Å². The van der Waals surface area contributed by atoms with Crippen molar-refractivity contribution in [1.29, 1.82) is 0 Å². The first-order chi connectivity index (χ1) is 8.08. The van der Waals surface area contributed by atoms with Gasteiger partial charge in [-0.2, -0.15) is 0 Å². The molecule has 2 aromatic rings. The zero-order valence-corrected chi connectivity index (χ0v) is 12.2. The summed E-state index contributed by atoms with van der Waals surface area (Å²) in [6, 6.07) is 0.542. The van der Waals surface area contributed by atoms with Gasteiger partial charge in [-0.25, -0.2) is 9.97 Å². The van der Waals surface area contributed by atoms with Gasteiger partial charge in [-0.3, -0.25) is 0 Å². The van der Waals surface area contributed by atoms with Crippen LogP contribution in [-0.2, 0) is 0 Å². The Morgan fingerprint density at radius 2 is 2.00 bits per heavy atom. The van der Waals surface area contributed by atoms with E-state index in [4.69, 9.17) is 0 Å². The van der Waals surface area contributed by atoms with Crippen molar-refractivity contribution in [1.82, 2.24) is 15.3 Å². The highest BCUT2D eigenvalue weighted by molar-refractivity contribution is 7.12. The molecule has 0 bridgehead atoms. The second-order valence-corrected chi connectivity index (χ2v) is 6.48. The fourth-order valence-electron chi connectivity index (χ4n) is 1.58. The lowest BCUT2D eigenvalue weighted by molar-refractivity contribution is 0.525. The molecule has 0 fully saturated rings. The van der Waals surface area contributed by atoms with E-state index in [1.54, 1.807) is 22.7 Å². The van der Waals surface area contributed by atoms with Crippen LogP contribution in [0.25, 0.3) is 0 Å². The van der Waals surface area contributed by atoms with Crippen LogP contribution in [0.3, 0.4) is 0 Å². The molecule has 2 rings (SSSR count). The summed E-state index contributed by atoms with van der Waals surface area (Å²) in [5.74, 6) is 0. The summed E-state index contributed by atoms with van der Waals surface area (Å²) >= 11 is 3.43. The molecule has 3 nitrogen and oxygen atoms in total. The number of nitrogens with zero attached hydrogens (tertiary/aromatic N) is 2. The van der Waals surface area contributed by atoms with E-state index in [0.29, 0.717) is 6.04 Å². The molecule has 0 spiro atoms. The highest BCUT2D eigenvalue weighted by Gasteiger charge is 2.21. The van der Waals surface area contributed by atoms with Crippen LogP contribution in [-0.4, -0.2) is 16.0 Å². The van der Waals surface area contributed by atoms with Gasteiger partial charge in [-0.05, 0) is 27.7 Å². The average molecular weight is 267 g/mol. The summed E-state index contributed by atoms with van der Waals surface area (Å²) < 4.78 is 0. The number of aryl methyl sites for hydroxylation is 2. The summed E-state index contributed by atoms with van der Waals surface area (Å²) in [6.07, 6.45) is 1.85. The molecule has 1 unspecified atom stereocenters. The molecular weight excluding hydrogens is 250 g/mol. The number of hydrogen-bond acceptors (Lipinski definition) is 5. The molecule has 1 atom stereocenters. The molecule has 17 heavy (non-hydrogen) atoms. The van der Waals surface area contributed by atoms with Gasteiger partial charge in [0.05, 0.1) is 5.69 Å². The molecule has 0 saturated heterocycles. The van der Waals surface area contributed by atoms with Crippen molar-refractivity contribution >= 4 is 22.7 Å². The Hall–Kier alpha value is -0.780. The Morgan fingerprint density at radius 1 is 1.24 bits per heavy atom. The summed E-state index contributed by atoms with van der Waals surface area (Å²) in [5, 5.41) is 7.75. The van der Waals surface area contributed by atoms with Crippen molar-refractivity contribution < 1.29 is 0 Å². The van der Waals surface area contributed by atoms with Gasteiger partial charge < -0.3 is 5.32 Å². The Balaban J connectivity index is 2.33. The highest BCUT2D eigenvalue weighted by Crippen LogP contribution is 2.29. The average Bonchev–Trinajstić information content (AvgIpc) is 2.86. The second-order valence-electron chi connectivity index (χ2n) is 4.32. The standard InChI is InChI=1S/C12H17N3S2/c1-7(2)14-10(11-13-5-6-16-11)12-15-8(3)9(4)17-12/h5-7,10,14H,1-4H3. The Morgan fingerprint density at radius 3 is 2.47 bits per heavy atom. The lowest BCUT2D eigenvalue weighted by Crippen LogP contribution is -2.28. The van der Waals surface area contributed by atoms with Gasteiger partial charge in [-0.1, -0.05) is 0 Å². The van der Waals surface area contributed by atoms with Crippen molar-refractivity contribution in [3.8, 4) is 0 Å². The quantitative estimate of drug-likeness (QED) is 0.923. The van der Waals surface area contributed by atoms with Crippen LogP contribution in [0.1, 0.15) is 40.5 Å². The number of aromatic nitrogens is 2. The summed E-state index contributed by atoms with van der Waals surface area (Å²) in [7, 11) is 0. The third kappa shape index (κ3) is 2.91. The third-order valence-electron chi connectivity index (χ3n) is 2.49. The van der Waals surface area contributed by atoms with Gasteiger partial charge in [0.2, 0.25) is 0 Å². The van der Waals surface area contributed by atoms with Crippen LogP contribution < -0.4 is 5.32 Å². The maximum absolute atomic E-state index is 4.64. The molecule has 0 saturated carbocycles. The lowest BCUT2D eigenvalue weighted by Gasteiger charge is -2.16. The maximum atomic E-state index is 4.64. The van der Waals surface area contributed by atoms with E-state index in [1.165, 1.54) is 4.88 Å². The summed E-state index contributed by atoms with van der Waals surface area (Å²) in [5.41, 5.74) is 1.12. The van der Waals surface area contributed by atoms with Crippen molar-refractivity contribution in [3.63, 3.8) is 0 Å². The van der Waals surface area contributed by atoms with Gasteiger partial charge in [0, 0.05) is 22.5 Å². The van der Waals surface area contributed by atoms with Crippen LogP contribution in [0.4, 0.5) is 0 Å². The van der Waals surface area contributed by atoms with Crippen LogP contribution >= 0.6 is 22.7 Å². The molecule has 1 N–H and O–H groups in total. The topological polar surface area (TPSA) is 37.8 Å². The minimum Gasteiger partial charge on any atom is -0.300 e. The first-order valence-corrected chi connectivity index (χ1v) is 7.37. The number of rotatable bonds is 4. The smallest absolute Gasteiger partial charge is 0.117 e. The minimum atomic E-state index is 0.132. The van der Waals surface area contributed by atoms with Gasteiger partial charge >= 0.3 is 0 Å². The SMILES string of the molecule is Cc1nc(C(NC(C)C)c2nccs2)sc1C. The van der Waals surface area contributed by atoms with Gasteiger partial charge in [-0.15, -0.1) is 22.7 Å². The number of nitrogens with one attached hydrogen (secondary N) is 1. The van der Waals surface area contributed by atoms with Crippen LogP contribution in [0.2, 0.25) is 0 Å². The first-order valence-electron chi connectivity index (χ1n) is 5.67. The molecule has 0 aromatic carbocycles. The maximum Gasteiger partial charge on any atom is 0.117 e. The number of thiazole rings is 2. The van der Waals surface area contributed by atoms with E-state index in [1.807, 2.05) is 11.6 Å². The molecule has 0 radical (unpaired) electrons. The number of hydrogen-bond donors (Lipinski definition) is 1. The molecule has 2 aromatic heterocycles. The molecule has 0 aliphatic carbocycles. The van der Waals surface area contributed by atoms with E-state index in [0.717, 1.165) is 15.7 Å². The second kappa shape index (κ2) is 5.25. The largest absolute Gasteiger partial charge is 0.300 e. The Kier molecular flexibility index (Phi) is 3.91. The Bertz CT molecular complexity index is 454. The van der Waals surface area contributed by atoms with Gasteiger partial charge in [0.1, 0.15) is 16.1 Å². The van der Waals surface area contributed by atoms with E-state index < -0.39 is 0 Å². The molecule has 0 aliphatic rings. The fourth-order valence-corrected chi connectivity index (χ4v) is 3.34. The van der Waals surface area contributed by atoms with E-state index in [2.05, 4.69) is 43.0 Å².